The molecule has 0 N–H and O–H groups in total. The molecule has 0 bridgehead atoms. The van der Waals surface area contributed by atoms with Crippen LogP contribution in [0.3, 0.4) is 0 Å². The highest BCUT2D eigenvalue weighted by molar-refractivity contribution is 6.62. The summed E-state index contributed by atoms with van der Waals surface area (Å²) < 4.78 is 25.8. The van der Waals surface area contributed by atoms with E-state index in [4.69, 9.17) is 20.9 Å². The highest BCUT2D eigenvalue weighted by atomic mass is 35.5. The SMILES string of the molecule is Cc1c(Cl)ccc(B2OC(C)(C)C(C)(C)O2)c1F. The first kappa shape index (κ1) is 13.8. The Hall–Kier alpha value is -0.575. The first-order chi connectivity index (χ1) is 8.16. The monoisotopic (exact) mass is 270 g/mol. The fourth-order valence-corrected chi connectivity index (χ4v) is 1.98. The normalized spacial score (nSPS) is 21.4. The molecule has 1 fully saturated rings. The van der Waals surface area contributed by atoms with Crippen molar-refractivity contribution in [3.05, 3.63) is 28.5 Å². The second kappa shape index (κ2) is 4.22. The molecule has 1 aliphatic heterocycles. The molecule has 1 aromatic rings. The van der Waals surface area contributed by atoms with Crippen molar-refractivity contribution in [3.8, 4) is 0 Å². The van der Waals surface area contributed by atoms with Crippen LogP contribution in [0.25, 0.3) is 0 Å². The van der Waals surface area contributed by atoms with E-state index in [1.807, 2.05) is 27.7 Å². The predicted octanol–water partition coefficient (Wildman–Crippen LogP) is 3.09. The van der Waals surface area contributed by atoms with Crippen LogP contribution in [0.4, 0.5) is 4.39 Å². The number of rotatable bonds is 1. The topological polar surface area (TPSA) is 18.5 Å². The molecule has 0 aliphatic carbocycles. The van der Waals surface area contributed by atoms with Gasteiger partial charge in [-0.15, -0.1) is 0 Å². The van der Waals surface area contributed by atoms with E-state index in [1.165, 1.54) is 0 Å². The van der Waals surface area contributed by atoms with E-state index in [-0.39, 0.29) is 5.82 Å². The molecule has 0 radical (unpaired) electrons. The van der Waals surface area contributed by atoms with Crippen LogP contribution in [0, 0.1) is 12.7 Å². The Morgan fingerprint density at radius 1 is 1.11 bits per heavy atom. The van der Waals surface area contributed by atoms with Crippen molar-refractivity contribution in [3.63, 3.8) is 0 Å². The van der Waals surface area contributed by atoms with Crippen LogP contribution < -0.4 is 5.46 Å². The molecular weight excluding hydrogens is 253 g/mol. The molecule has 2 nitrogen and oxygen atoms in total. The molecule has 0 saturated carbocycles. The van der Waals surface area contributed by atoms with Crippen molar-refractivity contribution < 1.29 is 13.7 Å². The van der Waals surface area contributed by atoms with E-state index in [2.05, 4.69) is 0 Å². The molecule has 18 heavy (non-hydrogen) atoms. The van der Waals surface area contributed by atoms with Gasteiger partial charge in [-0.25, -0.2) is 4.39 Å². The zero-order chi connectivity index (χ0) is 13.7. The van der Waals surface area contributed by atoms with Crippen molar-refractivity contribution in [2.24, 2.45) is 0 Å². The summed E-state index contributed by atoms with van der Waals surface area (Å²) in [6.45, 7) is 9.40. The molecule has 0 unspecified atom stereocenters. The fourth-order valence-electron chi connectivity index (χ4n) is 1.83. The molecular formula is C13H17BClFO2. The van der Waals surface area contributed by atoms with Crippen LogP contribution in [-0.2, 0) is 9.31 Å². The average Bonchev–Trinajstić information content (AvgIpc) is 2.45. The van der Waals surface area contributed by atoms with Gasteiger partial charge in [-0.3, -0.25) is 0 Å². The van der Waals surface area contributed by atoms with Crippen molar-refractivity contribution >= 4 is 24.2 Å². The van der Waals surface area contributed by atoms with Crippen LogP contribution in [0.2, 0.25) is 5.02 Å². The molecule has 0 aromatic heterocycles. The Labute approximate surface area is 113 Å². The first-order valence-corrected chi connectivity index (χ1v) is 6.33. The van der Waals surface area contributed by atoms with E-state index >= 15 is 0 Å². The van der Waals surface area contributed by atoms with Gasteiger partial charge in [0.2, 0.25) is 0 Å². The molecule has 98 valence electrons. The van der Waals surface area contributed by atoms with Gasteiger partial charge >= 0.3 is 7.12 Å². The van der Waals surface area contributed by atoms with Crippen molar-refractivity contribution in [1.82, 2.24) is 0 Å². The van der Waals surface area contributed by atoms with Gasteiger partial charge in [-0.05, 0) is 40.7 Å². The van der Waals surface area contributed by atoms with Gasteiger partial charge in [0.25, 0.3) is 0 Å². The summed E-state index contributed by atoms with van der Waals surface area (Å²) in [5.41, 5.74) is -0.130. The summed E-state index contributed by atoms with van der Waals surface area (Å²) in [7, 11) is -0.689. The third-order valence-corrected chi connectivity index (χ3v) is 4.27. The van der Waals surface area contributed by atoms with Gasteiger partial charge in [0.1, 0.15) is 5.82 Å². The van der Waals surface area contributed by atoms with E-state index in [1.54, 1.807) is 19.1 Å². The molecule has 2 rings (SSSR count). The van der Waals surface area contributed by atoms with Crippen LogP contribution in [0.15, 0.2) is 12.1 Å². The van der Waals surface area contributed by atoms with Crippen LogP contribution in [0.5, 0.6) is 0 Å². The predicted molar refractivity (Wildman–Crippen MR) is 71.9 cm³/mol. The quantitative estimate of drug-likeness (QED) is 0.730. The Morgan fingerprint density at radius 2 is 1.61 bits per heavy atom. The fraction of sp³-hybridized carbons (Fsp3) is 0.538. The maximum Gasteiger partial charge on any atom is 0.497 e. The summed E-state index contributed by atoms with van der Waals surface area (Å²) >= 11 is 5.88. The van der Waals surface area contributed by atoms with E-state index in [0.717, 1.165) is 0 Å². The summed E-state index contributed by atoms with van der Waals surface area (Å²) in [6.07, 6.45) is 0. The molecule has 1 saturated heterocycles. The van der Waals surface area contributed by atoms with Gasteiger partial charge < -0.3 is 9.31 Å². The lowest BCUT2D eigenvalue weighted by Gasteiger charge is -2.32. The zero-order valence-electron chi connectivity index (χ0n) is 11.3. The average molecular weight is 271 g/mol. The molecule has 1 aliphatic rings. The van der Waals surface area contributed by atoms with E-state index < -0.39 is 18.3 Å². The van der Waals surface area contributed by atoms with Crippen molar-refractivity contribution in [1.29, 1.82) is 0 Å². The Bertz CT molecular complexity index is 472. The van der Waals surface area contributed by atoms with Gasteiger partial charge in [-0.2, -0.15) is 0 Å². The maximum absolute atomic E-state index is 14.2. The van der Waals surface area contributed by atoms with E-state index in [9.17, 15) is 4.39 Å². The lowest BCUT2D eigenvalue weighted by atomic mass is 9.78. The largest absolute Gasteiger partial charge is 0.497 e. The van der Waals surface area contributed by atoms with Crippen LogP contribution >= 0.6 is 11.6 Å². The summed E-state index contributed by atoms with van der Waals surface area (Å²) in [6, 6.07) is 3.28. The third kappa shape index (κ3) is 2.06. The van der Waals surface area contributed by atoms with Crippen molar-refractivity contribution in [2.75, 3.05) is 0 Å². The molecule has 1 heterocycles. The van der Waals surface area contributed by atoms with Gasteiger partial charge in [0.15, 0.2) is 0 Å². The minimum absolute atomic E-state index is 0.360. The van der Waals surface area contributed by atoms with Crippen LogP contribution in [-0.4, -0.2) is 18.3 Å². The zero-order valence-corrected chi connectivity index (χ0v) is 12.1. The molecule has 5 heteroatoms. The second-order valence-electron chi connectivity index (χ2n) is 5.66. The number of halogens is 2. The number of hydrogen-bond acceptors (Lipinski definition) is 2. The lowest BCUT2D eigenvalue weighted by molar-refractivity contribution is 0.00578. The summed E-state index contributed by atoms with van der Waals surface area (Å²) in [5, 5.41) is 0.410. The first-order valence-electron chi connectivity index (χ1n) is 5.96. The Kier molecular flexibility index (Phi) is 3.25. The summed E-state index contributed by atoms with van der Waals surface area (Å²) in [4.78, 5) is 0. The van der Waals surface area contributed by atoms with Gasteiger partial charge in [0, 0.05) is 16.0 Å². The second-order valence-corrected chi connectivity index (χ2v) is 6.07. The third-order valence-electron chi connectivity index (χ3n) is 3.86. The van der Waals surface area contributed by atoms with Gasteiger partial charge in [0.05, 0.1) is 11.2 Å². The minimum Gasteiger partial charge on any atom is -0.399 e. The van der Waals surface area contributed by atoms with Crippen LogP contribution in [0.1, 0.15) is 33.3 Å². The highest BCUT2D eigenvalue weighted by Gasteiger charge is 2.52. The maximum atomic E-state index is 14.2. The van der Waals surface area contributed by atoms with E-state index in [0.29, 0.717) is 16.0 Å². The minimum atomic E-state index is -0.689. The standard InChI is InChI=1S/C13H17BClFO2/c1-8-10(15)7-6-9(11(8)16)14-17-12(2,3)13(4,5)18-14/h6-7H,1-5H3. The lowest BCUT2D eigenvalue weighted by Crippen LogP contribution is -2.41. The Morgan fingerprint density at radius 3 is 2.11 bits per heavy atom. The van der Waals surface area contributed by atoms with Crippen molar-refractivity contribution in [2.45, 2.75) is 45.8 Å². The Balaban J connectivity index is 2.39. The van der Waals surface area contributed by atoms with Gasteiger partial charge in [-0.1, -0.05) is 17.7 Å². The molecule has 1 aromatic carbocycles. The number of benzene rings is 1. The smallest absolute Gasteiger partial charge is 0.399 e. The number of hydrogen-bond donors (Lipinski definition) is 0. The molecule has 0 amide bonds. The molecule has 0 spiro atoms. The molecule has 0 atom stereocenters. The summed E-state index contributed by atoms with van der Waals surface area (Å²) in [5.74, 6) is -0.360. The highest BCUT2D eigenvalue weighted by Crippen LogP contribution is 2.36.